The molecule has 0 radical (unpaired) electrons. The second-order valence-corrected chi connectivity index (χ2v) is 5.79. The Kier molecular flexibility index (Phi) is 4.93. The van der Waals surface area contributed by atoms with Crippen LogP contribution < -0.4 is 4.74 Å². The van der Waals surface area contributed by atoms with E-state index < -0.39 is 6.36 Å². The Bertz CT molecular complexity index is 459. The van der Waals surface area contributed by atoms with Gasteiger partial charge in [0, 0.05) is 42.8 Å². The SMILES string of the molecule is CN1CCN(Cc2ccc(Br)cc2OC(F)(F)F)CC1. The summed E-state index contributed by atoms with van der Waals surface area (Å²) in [5.74, 6) is -0.134. The van der Waals surface area contributed by atoms with Crippen molar-refractivity contribution < 1.29 is 17.9 Å². The number of hydrogen-bond donors (Lipinski definition) is 0. The highest BCUT2D eigenvalue weighted by Gasteiger charge is 2.32. The molecule has 0 bridgehead atoms. The van der Waals surface area contributed by atoms with Crippen LogP contribution in [0.3, 0.4) is 0 Å². The maximum atomic E-state index is 12.4. The molecule has 0 N–H and O–H groups in total. The Balaban J connectivity index is 2.10. The highest BCUT2D eigenvalue weighted by molar-refractivity contribution is 9.10. The molecule has 0 aromatic heterocycles. The number of alkyl halides is 3. The molecule has 3 nitrogen and oxygen atoms in total. The van der Waals surface area contributed by atoms with Gasteiger partial charge in [0.2, 0.25) is 0 Å². The smallest absolute Gasteiger partial charge is 0.405 e. The van der Waals surface area contributed by atoms with Gasteiger partial charge in [-0.15, -0.1) is 13.2 Å². The van der Waals surface area contributed by atoms with Crippen molar-refractivity contribution in [1.82, 2.24) is 9.80 Å². The van der Waals surface area contributed by atoms with Crippen LogP contribution in [0, 0.1) is 0 Å². The number of rotatable bonds is 3. The number of benzene rings is 1. The van der Waals surface area contributed by atoms with Gasteiger partial charge in [-0.3, -0.25) is 4.90 Å². The molecule has 112 valence electrons. The third kappa shape index (κ3) is 4.64. The summed E-state index contributed by atoms with van der Waals surface area (Å²) in [6, 6.07) is 4.76. The Morgan fingerprint density at radius 3 is 2.45 bits per heavy atom. The van der Waals surface area contributed by atoms with Crippen LogP contribution in [-0.4, -0.2) is 49.4 Å². The van der Waals surface area contributed by atoms with Gasteiger partial charge in [-0.25, -0.2) is 0 Å². The number of nitrogens with zero attached hydrogens (tertiary/aromatic N) is 2. The molecule has 1 aliphatic heterocycles. The van der Waals surface area contributed by atoms with E-state index in [1.165, 1.54) is 6.07 Å². The van der Waals surface area contributed by atoms with E-state index in [9.17, 15) is 13.2 Å². The van der Waals surface area contributed by atoms with Crippen LogP contribution in [0.1, 0.15) is 5.56 Å². The van der Waals surface area contributed by atoms with Crippen molar-refractivity contribution in [2.45, 2.75) is 12.9 Å². The van der Waals surface area contributed by atoms with Gasteiger partial charge < -0.3 is 9.64 Å². The fraction of sp³-hybridized carbons (Fsp3) is 0.538. The van der Waals surface area contributed by atoms with Gasteiger partial charge in [0.25, 0.3) is 0 Å². The standard InChI is InChI=1S/C13H16BrF3N2O/c1-18-4-6-19(7-5-18)9-10-2-3-11(14)8-12(10)20-13(15,16)17/h2-3,8H,4-7,9H2,1H3. The number of piperazine rings is 1. The minimum Gasteiger partial charge on any atom is -0.405 e. The summed E-state index contributed by atoms with van der Waals surface area (Å²) in [5.41, 5.74) is 0.551. The van der Waals surface area contributed by atoms with Crippen LogP contribution in [0.2, 0.25) is 0 Å². The van der Waals surface area contributed by atoms with Crippen LogP contribution in [0.4, 0.5) is 13.2 Å². The van der Waals surface area contributed by atoms with Crippen LogP contribution >= 0.6 is 15.9 Å². The summed E-state index contributed by atoms with van der Waals surface area (Å²) in [6.45, 7) is 4.00. The molecule has 7 heteroatoms. The zero-order chi connectivity index (χ0) is 14.8. The van der Waals surface area contributed by atoms with Gasteiger partial charge in [-0.2, -0.15) is 0 Å². The van der Waals surface area contributed by atoms with Gasteiger partial charge in [0.1, 0.15) is 5.75 Å². The van der Waals surface area contributed by atoms with Crippen LogP contribution in [-0.2, 0) is 6.54 Å². The molecular formula is C13H16BrF3N2O. The molecule has 1 fully saturated rings. The average Bonchev–Trinajstić information content (AvgIpc) is 2.33. The van der Waals surface area contributed by atoms with Crippen molar-refractivity contribution in [1.29, 1.82) is 0 Å². The second kappa shape index (κ2) is 6.32. The van der Waals surface area contributed by atoms with Crippen molar-refractivity contribution in [3.8, 4) is 5.75 Å². The first-order valence-electron chi connectivity index (χ1n) is 6.28. The first-order valence-corrected chi connectivity index (χ1v) is 7.08. The maximum Gasteiger partial charge on any atom is 0.573 e. The third-order valence-corrected chi connectivity index (χ3v) is 3.74. The zero-order valence-corrected chi connectivity index (χ0v) is 12.7. The van der Waals surface area contributed by atoms with Crippen LogP contribution in [0.25, 0.3) is 0 Å². The van der Waals surface area contributed by atoms with Gasteiger partial charge in [0.05, 0.1) is 0 Å². The van der Waals surface area contributed by atoms with E-state index in [4.69, 9.17) is 0 Å². The lowest BCUT2D eigenvalue weighted by atomic mass is 10.1. The number of hydrogen-bond acceptors (Lipinski definition) is 3. The Morgan fingerprint density at radius 2 is 1.85 bits per heavy atom. The van der Waals surface area contributed by atoms with E-state index in [0.717, 1.165) is 26.2 Å². The Morgan fingerprint density at radius 1 is 1.20 bits per heavy atom. The number of halogens is 4. The normalized spacial score (nSPS) is 18.2. The second-order valence-electron chi connectivity index (χ2n) is 4.88. The molecule has 20 heavy (non-hydrogen) atoms. The van der Waals surface area contributed by atoms with Crippen molar-refractivity contribution in [3.63, 3.8) is 0 Å². The van der Waals surface area contributed by atoms with Gasteiger partial charge >= 0.3 is 6.36 Å². The Hall–Kier alpha value is -0.790. The Labute approximate surface area is 124 Å². The molecule has 0 amide bonds. The molecule has 1 aromatic carbocycles. The van der Waals surface area contributed by atoms with Gasteiger partial charge in [0.15, 0.2) is 0 Å². The predicted octanol–water partition coefficient (Wildman–Crippen LogP) is 3.10. The highest BCUT2D eigenvalue weighted by Crippen LogP contribution is 2.30. The van der Waals surface area contributed by atoms with E-state index in [0.29, 0.717) is 16.6 Å². The van der Waals surface area contributed by atoms with E-state index in [1.807, 2.05) is 7.05 Å². The first kappa shape index (κ1) is 15.6. The molecule has 1 aliphatic rings. The summed E-state index contributed by atoms with van der Waals surface area (Å²) >= 11 is 3.17. The molecule has 0 saturated carbocycles. The summed E-state index contributed by atoms with van der Waals surface area (Å²) in [4.78, 5) is 4.33. The minimum atomic E-state index is -4.67. The maximum absolute atomic E-state index is 12.4. The molecule has 1 heterocycles. The first-order chi connectivity index (χ1) is 9.33. The largest absolute Gasteiger partial charge is 0.573 e. The van der Waals surface area contributed by atoms with Crippen molar-refractivity contribution in [3.05, 3.63) is 28.2 Å². The van der Waals surface area contributed by atoms with Crippen LogP contribution in [0.5, 0.6) is 5.75 Å². The van der Waals surface area contributed by atoms with Crippen molar-refractivity contribution in [2.24, 2.45) is 0 Å². The van der Waals surface area contributed by atoms with Crippen LogP contribution in [0.15, 0.2) is 22.7 Å². The molecule has 0 atom stereocenters. The average molecular weight is 353 g/mol. The quantitative estimate of drug-likeness (QED) is 0.831. The lowest BCUT2D eigenvalue weighted by Crippen LogP contribution is -2.43. The van der Waals surface area contributed by atoms with Gasteiger partial charge in [-0.05, 0) is 19.2 Å². The zero-order valence-electron chi connectivity index (χ0n) is 11.1. The summed E-state index contributed by atoms with van der Waals surface area (Å²) in [7, 11) is 2.04. The summed E-state index contributed by atoms with van der Waals surface area (Å²) in [5, 5.41) is 0. The van der Waals surface area contributed by atoms with E-state index in [-0.39, 0.29) is 5.75 Å². The molecule has 1 aromatic rings. The predicted molar refractivity (Wildman–Crippen MR) is 73.6 cm³/mol. The lowest BCUT2D eigenvalue weighted by Gasteiger charge is -2.32. The minimum absolute atomic E-state index is 0.134. The number of likely N-dealkylation sites (N-methyl/N-ethyl adjacent to an activating group) is 1. The van der Waals surface area contributed by atoms with Crippen molar-refractivity contribution >= 4 is 15.9 Å². The fourth-order valence-corrected chi connectivity index (χ4v) is 2.47. The molecule has 2 rings (SSSR count). The van der Waals surface area contributed by atoms with E-state index >= 15 is 0 Å². The topological polar surface area (TPSA) is 15.7 Å². The van der Waals surface area contributed by atoms with E-state index in [1.54, 1.807) is 12.1 Å². The van der Waals surface area contributed by atoms with E-state index in [2.05, 4.69) is 30.5 Å². The fourth-order valence-electron chi connectivity index (χ4n) is 2.13. The molecular weight excluding hydrogens is 337 g/mol. The summed E-state index contributed by atoms with van der Waals surface area (Å²) < 4.78 is 42.0. The highest BCUT2D eigenvalue weighted by atomic mass is 79.9. The van der Waals surface area contributed by atoms with Crippen molar-refractivity contribution in [2.75, 3.05) is 33.2 Å². The molecule has 0 spiro atoms. The molecule has 0 unspecified atom stereocenters. The van der Waals surface area contributed by atoms with Gasteiger partial charge in [-0.1, -0.05) is 22.0 Å². The summed E-state index contributed by atoms with van der Waals surface area (Å²) in [6.07, 6.45) is -4.67. The third-order valence-electron chi connectivity index (χ3n) is 3.24. The molecule has 0 aliphatic carbocycles. The monoisotopic (exact) mass is 352 g/mol. The lowest BCUT2D eigenvalue weighted by molar-refractivity contribution is -0.275. The number of ether oxygens (including phenoxy) is 1. The molecule has 1 saturated heterocycles.